The quantitative estimate of drug-likeness (QED) is 0.717. The lowest BCUT2D eigenvalue weighted by molar-refractivity contribution is 0.0744. The van der Waals surface area contributed by atoms with E-state index in [1.165, 1.54) is 6.39 Å². The number of carbonyl (C=O) groups is 1. The third kappa shape index (κ3) is 2.86. The number of oxazole rings is 1. The van der Waals surface area contributed by atoms with Gasteiger partial charge in [0.15, 0.2) is 12.0 Å². The maximum atomic E-state index is 12.9. The van der Waals surface area contributed by atoms with Gasteiger partial charge in [-0.05, 0) is 24.1 Å². The predicted octanol–water partition coefficient (Wildman–Crippen LogP) is 3.88. The number of benzene rings is 2. The Morgan fingerprint density at radius 3 is 2.73 bits per heavy atom. The van der Waals surface area contributed by atoms with Crippen molar-refractivity contribution in [1.29, 1.82) is 0 Å². The van der Waals surface area contributed by atoms with Crippen LogP contribution < -0.4 is 0 Å². The zero-order valence-electron chi connectivity index (χ0n) is 12.5. The van der Waals surface area contributed by atoms with Gasteiger partial charge in [-0.1, -0.05) is 43.3 Å². The molecular formula is C18H18N2O2. The maximum absolute atomic E-state index is 12.9. The van der Waals surface area contributed by atoms with Gasteiger partial charge in [-0.15, -0.1) is 0 Å². The minimum atomic E-state index is -0.0203. The summed E-state index contributed by atoms with van der Waals surface area (Å²) in [6.45, 7) is 3.37. The summed E-state index contributed by atoms with van der Waals surface area (Å²) in [5.41, 5.74) is 2.96. The molecule has 0 aliphatic carbocycles. The van der Waals surface area contributed by atoms with Crippen molar-refractivity contribution in [3.8, 4) is 0 Å². The SMILES string of the molecule is CCCN(Cc1ccccc1)C(=O)c1cccc2ncoc12. The summed E-state index contributed by atoms with van der Waals surface area (Å²) in [4.78, 5) is 18.9. The molecule has 0 N–H and O–H groups in total. The van der Waals surface area contributed by atoms with Crippen LogP contribution in [0, 0.1) is 0 Å². The van der Waals surface area contributed by atoms with Crippen molar-refractivity contribution in [3.05, 3.63) is 66.1 Å². The Morgan fingerprint density at radius 2 is 1.95 bits per heavy atom. The molecular weight excluding hydrogens is 276 g/mol. The molecule has 2 aromatic carbocycles. The second-order valence-electron chi connectivity index (χ2n) is 5.22. The largest absolute Gasteiger partial charge is 0.443 e. The van der Waals surface area contributed by atoms with Gasteiger partial charge in [-0.3, -0.25) is 4.79 Å². The monoisotopic (exact) mass is 294 g/mol. The van der Waals surface area contributed by atoms with Crippen molar-refractivity contribution in [3.63, 3.8) is 0 Å². The fourth-order valence-corrected chi connectivity index (χ4v) is 2.55. The molecule has 0 aliphatic heterocycles. The molecule has 1 heterocycles. The summed E-state index contributed by atoms with van der Waals surface area (Å²) >= 11 is 0. The molecule has 0 saturated carbocycles. The molecule has 1 amide bonds. The van der Waals surface area contributed by atoms with E-state index in [0.717, 1.165) is 12.0 Å². The van der Waals surface area contributed by atoms with Gasteiger partial charge in [-0.2, -0.15) is 0 Å². The smallest absolute Gasteiger partial charge is 0.258 e. The zero-order chi connectivity index (χ0) is 15.4. The van der Waals surface area contributed by atoms with Crippen LogP contribution in [0.4, 0.5) is 0 Å². The molecule has 1 aromatic heterocycles. The van der Waals surface area contributed by atoms with E-state index in [0.29, 0.717) is 29.8 Å². The van der Waals surface area contributed by atoms with Crippen LogP contribution in [0.1, 0.15) is 29.3 Å². The average molecular weight is 294 g/mol. The van der Waals surface area contributed by atoms with Gasteiger partial charge < -0.3 is 9.32 Å². The molecule has 0 saturated heterocycles. The van der Waals surface area contributed by atoms with Crippen molar-refractivity contribution < 1.29 is 9.21 Å². The Morgan fingerprint density at radius 1 is 1.14 bits per heavy atom. The third-order valence-corrected chi connectivity index (χ3v) is 3.58. The number of para-hydroxylation sites is 1. The average Bonchev–Trinajstić information content (AvgIpc) is 3.03. The third-order valence-electron chi connectivity index (χ3n) is 3.58. The van der Waals surface area contributed by atoms with E-state index < -0.39 is 0 Å². The summed E-state index contributed by atoms with van der Waals surface area (Å²) in [7, 11) is 0. The van der Waals surface area contributed by atoms with E-state index in [4.69, 9.17) is 4.42 Å². The first-order valence-electron chi connectivity index (χ1n) is 7.45. The Balaban J connectivity index is 1.91. The van der Waals surface area contributed by atoms with Gasteiger partial charge in [0.1, 0.15) is 5.52 Å². The minimum Gasteiger partial charge on any atom is -0.443 e. The first-order valence-corrected chi connectivity index (χ1v) is 7.45. The van der Waals surface area contributed by atoms with Crippen molar-refractivity contribution in [2.24, 2.45) is 0 Å². The molecule has 112 valence electrons. The van der Waals surface area contributed by atoms with Crippen molar-refractivity contribution >= 4 is 17.0 Å². The molecule has 0 fully saturated rings. The van der Waals surface area contributed by atoms with Gasteiger partial charge in [0.2, 0.25) is 0 Å². The van der Waals surface area contributed by atoms with Crippen LogP contribution in [0.5, 0.6) is 0 Å². The first kappa shape index (κ1) is 14.3. The van der Waals surface area contributed by atoms with Gasteiger partial charge in [0.25, 0.3) is 5.91 Å². The highest BCUT2D eigenvalue weighted by atomic mass is 16.3. The van der Waals surface area contributed by atoms with Gasteiger partial charge in [0.05, 0.1) is 5.56 Å². The molecule has 0 bridgehead atoms. The highest BCUT2D eigenvalue weighted by Gasteiger charge is 2.19. The second-order valence-corrected chi connectivity index (χ2v) is 5.22. The Kier molecular flexibility index (Phi) is 4.19. The maximum Gasteiger partial charge on any atom is 0.258 e. The molecule has 3 rings (SSSR count). The van der Waals surface area contributed by atoms with E-state index in [1.807, 2.05) is 47.4 Å². The summed E-state index contributed by atoms with van der Waals surface area (Å²) in [5, 5.41) is 0. The summed E-state index contributed by atoms with van der Waals surface area (Å²) < 4.78 is 5.39. The first-order chi connectivity index (χ1) is 10.8. The number of hydrogen-bond donors (Lipinski definition) is 0. The predicted molar refractivity (Wildman–Crippen MR) is 85.5 cm³/mol. The number of carbonyl (C=O) groups excluding carboxylic acids is 1. The number of aromatic nitrogens is 1. The summed E-state index contributed by atoms with van der Waals surface area (Å²) in [6.07, 6.45) is 2.29. The summed E-state index contributed by atoms with van der Waals surface area (Å²) in [6, 6.07) is 15.5. The van der Waals surface area contributed by atoms with E-state index in [2.05, 4.69) is 11.9 Å². The number of nitrogens with zero attached hydrogens (tertiary/aromatic N) is 2. The van der Waals surface area contributed by atoms with Crippen molar-refractivity contribution in [1.82, 2.24) is 9.88 Å². The van der Waals surface area contributed by atoms with Gasteiger partial charge in [0, 0.05) is 13.1 Å². The number of fused-ring (bicyclic) bond motifs is 1. The van der Waals surface area contributed by atoms with E-state index in [1.54, 1.807) is 6.07 Å². The van der Waals surface area contributed by atoms with Crippen LogP contribution in [0.3, 0.4) is 0 Å². The number of rotatable bonds is 5. The Labute approximate surface area is 129 Å². The zero-order valence-corrected chi connectivity index (χ0v) is 12.5. The standard InChI is InChI=1S/C18H18N2O2/c1-2-11-20(12-14-7-4-3-5-8-14)18(21)15-9-6-10-16-17(15)22-13-19-16/h3-10,13H,2,11-12H2,1H3. The lowest BCUT2D eigenvalue weighted by Gasteiger charge is -2.22. The van der Waals surface area contributed by atoms with Crippen LogP contribution in [0.2, 0.25) is 0 Å². The molecule has 3 aromatic rings. The highest BCUT2D eigenvalue weighted by Crippen LogP contribution is 2.20. The van der Waals surface area contributed by atoms with Crippen LogP contribution in [-0.4, -0.2) is 22.3 Å². The topological polar surface area (TPSA) is 46.3 Å². The fourth-order valence-electron chi connectivity index (χ4n) is 2.55. The van der Waals surface area contributed by atoms with Gasteiger partial charge in [-0.25, -0.2) is 4.98 Å². The molecule has 0 atom stereocenters. The Bertz CT molecular complexity index is 765. The van der Waals surface area contributed by atoms with Crippen LogP contribution in [0.25, 0.3) is 11.1 Å². The van der Waals surface area contributed by atoms with Crippen LogP contribution >= 0.6 is 0 Å². The fraction of sp³-hybridized carbons (Fsp3) is 0.222. The molecule has 4 nitrogen and oxygen atoms in total. The van der Waals surface area contributed by atoms with Crippen molar-refractivity contribution in [2.45, 2.75) is 19.9 Å². The molecule has 0 aliphatic rings. The normalized spacial score (nSPS) is 10.8. The molecule has 4 heteroatoms. The highest BCUT2D eigenvalue weighted by molar-refractivity contribution is 6.03. The lowest BCUT2D eigenvalue weighted by atomic mass is 10.1. The van der Waals surface area contributed by atoms with E-state index in [9.17, 15) is 4.79 Å². The second kappa shape index (κ2) is 6.43. The van der Waals surface area contributed by atoms with E-state index >= 15 is 0 Å². The lowest BCUT2D eigenvalue weighted by Crippen LogP contribution is -2.31. The number of amides is 1. The van der Waals surface area contributed by atoms with E-state index in [-0.39, 0.29) is 5.91 Å². The summed E-state index contributed by atoms with van der Waals surface area (Å²) in [5.74, 6) is -0.0203. The van der Waals surface area contributed by atoms with Crippen molar-refractivity contribution in [2.75, 3.05) is 6.54 Å². The van der Waals surface area contributed by atoms with Crippen LogP contribution in [0.15, 0.2) is 59.3 Å². The van der Waals surface area contributed by atoms with Gasteiger partial charge >= 0.3 is 0 Å². The molecule has 0 radical (unpaired) electrons. The minimum absolute atomic E-state index is 0.0203. The number of hydrogen-bond acceptors (Lipinski definition) is 3. The molecule has 0 unspecified atom stereocenters. The molecule has 22 heavy (non-hydrogen) atoms. The Hall–Kier alpha value is -2.62. The van der Waals surface area contributed by atoms with Crippen LogP contribution in [-0.2, 0) is 6.54 Å². The molecule has 0 spiro atoms.